The van der Waals surface area contributed by atoms with Crippen LogP contribution in [-0.2, 0) is 14.4 Å². The molecule has 0 aliphatic carbocycles. The summed E-state index contributed by atoms with van der Waals surface area (Å²) >= 11 is 0. The highest BCUT2D eigenvalue weighted by Gasteiger charge is 2.27. The topological polar surface area (TPSA) is 119 Å². The number of carbonyl (C=O) groups excluding carboxylic acids is 2. The number of halogens is 2. The zero-order valence-corrected chi connectivity index (χ0v) is 18.1. The second kappa shape index (κ2) is 10.5. The van der Waals surface area contributed by atoms with E-state index in [1.807, 2.05) is 0 Å². The molecule has 176 valence electrons. The summed E-state index contributed by atoms with van der Waals surface area (Å²) in [5, 5.41) is 27.3. The number of anilines is 1. The van der Waals surface area contributed by atoms with Crippen LogP contribution in [0.2, 0.25) is 0 Å². The van der Waals surface area contributed by atoms with Crippen molar-refractivity contribution in [3.63, 3.8) is 0 Å². The highest BCUT2D eigenvalue weighted by Crippen LogP contribution is 2.30. The number of aromatic hydroxyl groups is 1. The molecule has 0 saturated carbocycles. The highest BCUT2D eigenvalue weighted by atomic mass is 19.1. The lowest BCUT2D eigenvalue weighted by atomic mass is 10.1. The van der Waals surface area contributed by atoms with E-state index in [2.05, 4.69) is 10.4 Å². The molecule has 2 aromatic rings. The Labute approximate surface area is 193 Å². The Morgan fingerprint density at radius 1 is 1.15 bits per heavy atom. The maximum atomic E-state index is 13.8. The maximum Gasteiger partial charge on any atom is 0.372 e. The van der Waals surface area contributed by atoms with Crippen LogP contribution >= 0.6 is 0 Å². The minimum Gasteiger partial charge on any atom is -0.505 e. The van der Waals surface area contributed by atoms with Crippen LogP contribution in [0.15, 0.2) is 53.3 Å². The molecule has 0 bridgehead atoms. The quantitative estimate of drug-likeness (QED) is 0.223. The van der Waals surface area contributed by atoms with Gasteiger partial charge in [0, 0.05) is 36.4 Å². The number of para-hydroxylation sites is 1. The van der Waals surface area contributed by atoms with Gasteiger partial charge < -0.3 is 15.5 Å². The third-order valence-electron chi connectivity index (χ3n) is 4.98. The summed E-state index contributed by atoms with van der Waals surface area (Å²) in [5.74, 6) is -4.46. The van der Waals surface area contributed by atoms with Crippen molar-refractivity contribution in [1.29, 1.82) is 0 Å². The summed E-state index contributed by atoms with van der Waals surface area (Å²) in [7, 11) is 0. The molecule has 0 saturated heterocycles. The van der Waals surface area contributed by atoms with Gasteiger partial charge in [0.15, 0.2) is 0 Å². The van der Waals surface area contributed by atoms with Crippen LogP contribution in [0, 0.1) is 11.6 Å². The van der Waals surface area contributed by atoms with Gasteiger partial charge in [-0.2, -0.15) is 5.10 Å². The van der Waals surface area contributed by atoms with Crippen LogP contribution in [0.25, 0.3) is 12.2 Å². The number of nitrogens with zero attached hydrogens (tertiary/aromatic N) is 2. The molecule has 34 heavy (non-hydrogen) atoms. The van der Waals surface area contributed by atoms with Gasteiger partial charge in [-0.1, -0.05) is 24.3 Å². The molecule has 2 aromatic carbocycles. The summed E-state index contributed by atoms with van der Waals surface area (Å²) in [6.07, 6.45) is 4.19. The molecule has 0 radical (unpaired) electrons. The van der Waals surface area contributed by atoms with E-state index < -0.39 is 29.3 Å². The Morgan fingerprint density at radius 3 is 2.59 bits per heavy atom. The summed E-state index contributed by atoms with van der Waals surface area (Å²) in [6, 6.07) is 7.98. The predicted molar refractivity (Wildman–Crippen MR) is 122 cm³/mol. The van der Waals surface area contributed by atoms with E-state index >= 15 is 0 Å². The molecule has 1 aliphatic rings. The number of phenolic OH excluding ortho intramolecular Hbond substituents is 1. The van der Waals surface area contributed by atoms with Gasteiger partial charge in [-0.3, -0.25) is 9.59 Å². The van der Waals surface area contributed by atoms with E-state index in [-0.39, 0.29) is 42.0 Å². The van der Waals surface area contributed by atoms with Crippen molar-refractivity contribution in [2.75, 3.05) is 11.9 Å². The van der Waals surface area contributed by atoms with Crippen molar-refractivity contribution in [2.45, 2.75) is 19.8 Å². The molecule has 0 spiro atoms. The van der Waals surface area contributed by atoms with Gasteiger partial charge >= 0.3 is 5.97 Å². The number of ketones is 1. The molecular formula is C24H21F2N3O5. The molecule has 3 N–H and O–H groups in total. The Morgan fingerprint density at radius 2 is 1.88 bits per heavy atom. The van der Waals surface area contributed by atoms with Gasteiger partial charge in [-0.15, -0.1) is 0 Å². The van der Waals surface area contributed by atoms with Gasteiger partial charge in [0.05, 0.1) is 17.0 Å². The van der Waals surface area contributed by atoms with E-state index in [9.17, 15) is 28.3 Å². The van der Waals surface area contributed by atoms with E-state index in [1.54, 1.807) is 25.1 Å². The second-order valence-corrected chi connectivity index (χ2v) is 7.39. The van der Waals surface area contributed by atoms with Gasteiger partial charge in [-0.05, 0) is 31.5 Å². The Bertz CT molecular complexity index is 1240. The fraction of sp³-hybridized carbons (Fsp3) is 0.167. The normalized spacial score (nSPS) is 14.7. The molecule has 8 nitrogen and oxygen atoms in total. The average molecular weight is 469 g/mol. The number of benzene rings is 2. The molecule has 1 heterocycles. The number of carboxylic acids is 1. The Hall–Kier alpha value is -4.34. The van der Waals surface area contributed by atoms with Crippen LogP contribution in [0.1, 0.15) is 30.9 Å². The van der Waals surface area contributed by atoms with Crippen LogP contribution in [-0.4, -0.2) is 45.1 Å². The molecule has 0 atom stereocenters. The second-order valence-electron chi connectivity index (χ2n) is 7.39. The third kappa shape index (κ3) is 5.71. The largest absolute Gasteiger partial charge is 0.505 e. The third-order valence-corrected chi connectivity index (χ3v) is 4.98. The molecule has 0 aromatic heterocycles. The van der Waals surface area contributed by atoms with Gasteiger partial charge in [-0.25, -0.2) is 18.6 Å². The number of amides is 1. The minimum atomic E-state index is -1.52. The fourth-order valence-electron chi connectivity index (χ4n) is 3.17. The Kier molecular flexibility index (Phi) is 7.52. The number of carboxylic acid groups (broad SMARTS) is 1. The van der Waals surface area contributed by atoms with Crippen molar-refractivity contribution in [1.82, 2.24) is 5.01 Å². The maximum absolute atomic E-state index is 13.8. The standard InChI is InChI=1S/C24H21F2N3O5/c1-14-18(23(32)29(28-14)11-3-6-21(30)24(33)34)13-27-20-5-2-4-16(22(20)31)8-7-15-9-10-17(25)12-19(15)26/h2,4-5,7-10,12-13,27,31H,3,6,11H2,1H3,(H,33,34)/b8-7+,18-13-. The lowest BCUT2D eigenvalue weighted by Crippen LogP contribution is -2.24. The number of hydrogen-bond acceptors (Lipinski definition) is 6. The smallest absolute Gasteiger partial charge is 0.372 e. The van der Waals surface area contributed by atoms with Crippen LogP contribution in [0.4, 0.5) is 14.5 Å². The number of hydrazone groups is 1. The number of rotatable bonds is 9. The minimum absolute atomic E-state index is 0.0814. The molecule has 0 fully saturated rings. The number of carbonyl (C=O) groups is 3. The highest BCUT2D eigenvalue weighted by molar-refractivity contribution is 6.32. The molecule has 10 heteroatoms. The molecule has 1 aliphatic heterocycles. The monoisotopic (exact) mass is 469 g/mol. The van der Waals surface area contributed by atoms with Crippen molar-refractivity contribution in [3.05, 3.63) is 70.9 Å². The molecule has 3 rings (SSSR count). The lowest BCUT2D eigenvalue weighted by Gasteiger charge is -2.11. The number of phenols is 1. The zero-order chi connectivity index (χ0) is 24.8. The SMILES string of the molecule is CC1=NN(CCCC(=O)C(=O)O)C(=O)/C1=C\Nc1cccc(/C=C/c2ccc(F)cc2F)c1O. The molecular weight excluding hydrogens is 448 g/mol. The summed E-state index contributed by atoms with van der Waals surface area (Å²) < 4.78 is 26.9. The number of Topliss-reactive ketones (excluding diaryl/α,β-unsaturated/α-hetero) is 1. The number of aliphatic carboxylic acids is 1. The average Bonchev–Trinajstić information content (AvgIpc) is 3.05. The number of hydrogen-bond donors (Lipinski definition) is 3. The van der Waals surface area contributed by atoms with Crippen LogP contribution in [0.3, 0.4) is 0 Å². The zero-order valence-electron chi connectivity index (χ0n) is 18.1. The van der Waals surface area contributed by atoms with Crippen LogP contribution < -0.4 is 5.32 Å². The summed E-state index contributed by atoms with van der Waals surface area (Å²) in [6.45, 7) is 1.70. The van der Waals surface area contributed by atoms with Gasteiger partial charge in [0.25, 0.3) is 5.91 Å². The molecule has 1 amide bonds. The predicted octanol–water partition coefficient (Wildman–Crippen LogP) is 3.79. The van der Waals surface area contributed by atoms with E-state index in [4.69, 9.17) is 5.11 Å². The first-order valence-corrected chi connectivity index (χ1v) is 10.2. The summed E-state index contributed by atoms with van der Waals surface area (Å²) in [5.41, 5.74) is 1.43. The summed E-state index contributed by atoms with van der Waals surface area (Å²) in [4.78, 5) is 34.3. The van der Waals surface area contributed by atoms with Crippen molar-refractivity contribution in [3.8, 4) is 5.75 Å². The first-order chi connectivity index (χ1) is 16.2. The van der Waals surface area contributed by atoms with E-state index in [0.29, 0.717) is 11.3 Å². The van der Waals surface area contributed by atoms with Crippen molar-refractivity contribution < 1.29 is 33.4 Å². The van der Waals surface area contributed by atoms with Gasteiger partial charge in [0.1, 0.15) is 17.4 Å². The first-order valence-electron chi connectivity index (χ1n) is 10.2. The van der Waals surface area contributed by atoms with E-state index in [0.717, 1.165) is 17.1 Å². The van der Waals surface area contributed by atoms with Crippen LogP contribution in [0.5, 0.6) is 5.75 Å². The Balaban J connectivity index is 1.69. The van der Waals surface area contributed by atoms with Crippen molar-refractivity contribution >= 4 is 41.2 Å². The van der Waals surface area contributed by atoms with E-state index in [1.165, 1.54) is 24.4 Å². The molecule has 0 unspecified atom stereocenters. The van der Waals surface area contributed by atoms with Gasteiger partial charge in [0.2, 0.25) is 5.78 Å². The fourth-order valence-corrected chi connectivity index (χ4v) is 3.17. The van der Waals surface area contributed by atoms with Crippen molar-refractivity contribution in [2.24, 2.45) is 5.10 Å². The lowest BCUT2D eigenvalue weighted by molar-refractivity contribution is -0.149. The first kappa shape index (κ1) is 24.3. The number of nitrogens with one attached hydrogen (secondary N) is 1.